The van der Waals surface area contributed by atoms with Crippen LogP contribution in [0.25, 0.3) is 5.52 Å². The summed E-state index contributed by atoms with van der Waals surface area (Å²) in [6.07, 6.45) is 6.70. The predicted molar refractivity (Wildman–Crippen MR) is 97.4 cm³/mol. The third kappa shape index (κ3) is 2.89. The van der Waals surface area contributed by atoms with Crippen LogP contribution in [-0.4, -0.2) is 34.4 Å². The summed E-state index contributed by atoms with van der Waals surface area (Å²) in [5.74, 6) is 0.950. The Bertz CT molecular complexity index is 874. The van der Waals surface area contributed by atoms with E-state index in [-0.39, 0.29) is 11.9 Å². The molecule has 6 heteroatoms. The van der Waals surface area contributed by atoms with E-state index in [0.29, 0.717) is 5.56 Å². The molecule has 0 saturated carbocycles. The quantitative estimate of drug-likeness (QED) is 0.754. The molecule has 4 rings (SSSR count). The van der Waals surface area contributed by atoms with Gasteiger partial charge in [-0.05, 0) is 42.8 Å². The lowest BCUT2D eigenvalue weighted by molar-refractivity contribution is 0.0940. The number of carbonyl (C=O) groups excluding carboxylic acids is 1. The van der Waals surface area contributed by atoms with Crippen molar-refractivity contribution in [1.29, 1.82) is 0 Å². The van der Waals surface area contributed by atoms with Crippen molar-refractivity contribution in [1.82, 2.24) is 14.7 Å². The van der Waals surface area contributed by atoms with E-state index in [1.165, 1.54) is 0 Å². The number of hydrogen-bond donors (Lipinski definition) is 1. The second-order valence-electron chi connectivity index (χ2n) is 5.96. The first-order chi connectivity index (χ1) is 11.7. The first-order valence-electron chi connectivity index (χ1n) is 7.94. The Morgan fingerprint density at radius 3 is 2.88 bits per heavy atom. The summed E-state index contributed by atoms with van der Waals surface area (Å²) in [5.41, 5.74) is 1.78. The van der Waals surface area contributed by atoms with Crippen molar-refractivity contribution >= 4 is 33.2 Å². The van der Waals surface area contributed by atoms with E-state index in [1.807, 2.05) is 48.9 Å². The molecule has 3 aromatic rings. The minimum Gasteiger partial charge on any atom is -0.353 e. The molecular weight excluding hydrogens is 368 g/mol. The Morgan fingerprint density at radius 2 is 2.04 bits per heavy atom. The molecule has 5 nitrogen and oxygen atoms in total. The zero-order chi connectivity index (χ0) is 16.5. The summed E-state index contributed by atoms with van der Waals surface area (Å²) in [4.78, 5) is 19.1. The summed E-state index contributed by atoms with van der Waals surface area (Å²) < 4.78 is 3.04. The molecule has 1 unspecified atom stereocenters. The van der Waals surface area contributed by atoms with Crippen LogP contribution in [0.5, 0.6) is 0 Å². The Labute approximate surface area is 148 Å². The maximum absolute atomic E-state index is 12.4. The van der Waals surface area contributed by atoms with Crippen molar-refractivity contribution in [3.05, 3.63) is 65.0 Å². The van der Waals surface area contributed by atoms with Gasteiger partial charge in [-0.15, -0.1) is 0 Å². The van der Waals surface area contributed by atoms with Gasteiger partial charge in [-0.25, -0.2) is 4.98 Å². The summed E-state index contributed by atoms with van der Waals surface area (Å²) in [5, 5.41) is 3.13. The second kappa shape index (κ2) is 6.28. The number of aromatic nitrogens is 2. The van der Waals surface area contributed by atoms with E-state index in [2.05, 4.69) is 41.6 Å². The fraction of sp³-hybridized carbons (Fsp3) is 0.222. The van der Waals surface area contributed by atoms with E-state index in [9.17, 15) is 4.79 Å². The van der Waals surface area contributed by atoms with Crippen molar-refractivity contribution in [3.63, 3.8) is 0 Å². The number of halogens is 1. The number of benzene rings is 1. The molecule has 2 aromatic heterocycles. The molecule has 0 spiro atoms. The summed E-state index contributed by atoms with van der Waals surface area (Å²) in [6, 6.07) is 11.6. The van der Waals surface area contributed by atoms with Gasteiger partial charge in [-0.1, -0.05) is 15.9 Å². The van der Waals surface area contributed by atoms with E-state index in [1.54, 1.807) is 0 Å². The molecule has 122 valence electrons. The predicted octanol–water partition coefficient (Wildman–Crippen LogP) is 3.11. The van der Waals surface area contributed by atoms with Crippen molar-refractivity contribution in [2.45, 2.75) is 12.5 Å². The Balaban J connectivity index is 1.46. The van der Waals surface area contributed by atoms with Crippen LogP contribution in [0.4, 0.5) is 5.82 Å². The zero-order valence-electron chi connectivity index (χ0n) is 13.0. The number of fused-ring (bicyclic) bond motifs is 1. The van der Waals surface area contributed by atoms with E-state index in [0.717, 1.165) is 35.3 Å². The maximum Gasteiger partial charge on any atom is 0.251 e. The normalized spacial score (nSPS) is 17.4. The van der Waals surface area contributed by atoms with Crippen molar-refractivity contribution in [3.8, 4) is 0 Å². The highest BCUT2D eigenvalue weighted by Gasteiger charge is 2.26. The highest BCUT2D eigenvalue weighted by Crippen LogP contribution is 2.23. The molecule has 1 fully saturated rings. The SMILES string of the molecule is O=C(NC1CCN(c2nccn3cccc23)C1)c1ccc(Br)cc1. The molecule has 1 atom stereocenters. The zero-order valence-corrected chi connectivity index (χ0v) is 14.6. The highest BCUT2D eigenvalue weighted by molar-refractivity contribution is 9.10. The van der Waals surface area contributed by atoms with Crippen LogP contribution in [0.15, 0.2) is 59.5 Å². The maximum atomic E-state index is 12.4. The molecular formula is C18H17BrN4O. The van der Waals surface area contributed by atoms with Gasteiger partial charge in [0.05, 0.1) is 5.52 Å². The first-order valence-corrected chi connectivity index (χ1v) is 8.73. The fourth-order valence-electron chi connectivity index (χ4n) is 3.14. The van der Waals surface area contributed by atoms with E-state index >= 15 is 0 Å². The molecule has 1 aliphatic heterocycles. The Kier molecular flexibility index (Phi) is 3.98. The highest BCUT2D eigenvalue weighted by atomic mass is 79.9. The third-order valence-corrected chi connectivity index (χ3v) is 4.89. The van der Waals surface area contributed by atoms with Crippen LogP contribution < -0.4 is 10.2 Å². The molecule has 1 aromatic carbocycles. The molecule has 1 N–H and O–H groups in total. The minimum atomic E-state index is -0.0248. The van der Waals surface area contributed by atoms with Gasteiger partial charge in [0.1, 0.15) is 0 Å². The number of amides is 1. The minimum absolute atomic E-state index is 0.0248. The first kappa shape index (κ1) is 15.2. The standard InChI is InChI=1S/C18H17BrN4O/c19-14-5-3-13(4-6-14)18(24)21-15-7-10-23(12-15)17-16-2-1-9-22(16)11-8-20-17/h1-6,8-9,11,15H,7,10,12H2,(H,21,24). The Morgan fingerprint density at radius 1 is 1.21 bits per heavy atom. The molecule has 0 radical (unpaired) electrons. The van der Waals surface area contributed by atoms with Gasteiger partial charge in [-0.2, -0.15) is 0 Å². The van der Waals surface area contributed by atoms with Crippen LogP contribution in [-0.2, 0) is 0 Å². The number of nitrogens with one attached hydrogen (secondary N) is 1. The van der Waals surface area contributed by atoms with Crippen molar-refractivity contribution in [2.24, 2.45) is 0 Å². The summed E-state index contributed by atoms with van der Waals surface area (Å²) in [7, 11) is 0. The van der Waals surface area contributed by atoms with E-state index in [4.69, 9.17) is 0 Å². The average Bonchev–Trinajstić information content (AvgIpc) is 3.24. The van der Waals surface area contributed by atoms with Gasteiger partial charge in [0.25, 0.3) is 5.91 Å². The number of hydrogen-bond acceptors (Lipinski definition) is 3. The number of carbonyl (C=O) groups is 1. The van der Waals surface area contributed by atoms with Crippen LogP contribution in [0.1, 0.15) is 16.8 Å². The molecule has 1 aliphatic rings. The van der Waals surface area contributed by atoms with Crippen molar-refractivity contribution in [2.75, 3.05) is 18.0 Å². The summed E-state index contributed by atoms with van der Waals surface area (Å²) >= 11 is 3.39. The second-order valence-corrected chi connectivity index (χ2v) is 6.88. The van der Waals surface area contributed by atoms with Gasteiger partial charge >= 0.3 is 0 Å². The fourth-order valence-corrected chi connectivity index (χ4v) is 3.40. The Hall–Kier alpha value is -2.34. The third-order valence-electron chi connectivity index (χ3n) is 4.36. The topological polar surface area (TPSA) is 49.6 Å². The smallest absolute Gasteiger partial charge is 0.251 e. The van der Waals surface area contributed by atoms with E-state index < -0.39 is 0 Å². The molecule has 0 bridgehead atoms. The van der Waals surface area contributed by atoms with Gasteiger partial charge in [0.15, 0.2) is 5.82 Å². The molecule has 1 saturated heterocycles. The molecule has 3 heterocycles. The monoisotopic (exact) mass is 384 g/mol. The van der Waals surface area contributed by atoms with Gasteiger partial charge < -0.3 is 14.6 Å². The lowest BCUT2D eigenvalue weighted by atomic mass is 10.2. The molecule has 1 amide bonds. The van der Waals surface area contributed by atoms with Crippen LogP contribution in [0.2, 0.25) is 0 Å². The van der Waals surface area contributed by atoms with Gasteiger partial charge in [-0.3, -0.25) is 4.79 Å². The van der Waals surface area contributed by atoms with Crippen LogP contribution in [0.3, 0.4) is 0 Å². The lowest BCUT2D eigenvalue weighted by Gasteiger charge is -2.19. The average molecular weight is 385 g/mol. The van der Waals surface area contributed by atoms with Crippen LogP contribution in [0, 0.1) is 0 Å². The number of anilines is 1. The lowest BCUT2D eigenvalue weighted by Crippen LogP contribution is -2.37. The molecule has 24 heavy (non-hydrogen) atoms. The number of rotatable bonds is 3. The molecule has 0 aliphatic carbocycles. The van der Waals surface area contributed by atoms with Crippen molar-refractivity contribution < 1.29 is 4.79 Å². The van der Waals surface area contributed by atoms with Crippen LogP contribution >= 0.6 is 15.9 Å². The summed E-state index contributed by atoms with van der Waals surface area (Å²) in [6.45, 7) is 1.67. The van der Waals surface area contributed by atoms with Gasteiger partial charge in [0, 0.05) is 47.8 Å². The van der Waals surface area contributed by atoms with Gasteiger partial charge in [0.2, 0.25) is 0 Å². The largest absolute Gasteiger partial charge is 0.353 e. The number of nitrogens with zero attached hydrogens (tertiary/aromatic N) is 3.